The molecule has 0 bridgehead atoms. The van der Waals surface area contributed by atoms with E-state index in [9.17, 15) is 4.79 Å². The SMILES string of the molecule is O=Cc1ccc(N2CC3CCCC3C2)c(Cl)c1. The molecule has 0 N–H and O–H groups in total. The molecular formula is C14H16ClNO. The fraction of sp³-hybridized carbons (Fsp3) is 0.500. The summed E-state index contributed by atoms with van der Waals surface area (Å²) in [5, 5.41) is 0.703. The van der Waals surface area contributed by atoms with E-state index < -0.39 is 0 Å². The van der Waals surface area contributed by atoms with E-state index in [1.165, 1.54) is 19.3 Å². The van der Waals surface area contributed by atoms with Crippen molar-refractivity contribution in [2.24, 2.45) is 11.8 Å². The predicted molar refractivity (Wildman–Crippen MR) is 69.9 cm³/mol. The second-order valence-corrected chi connectivity index (χ2v) is 5.59. The standard InChI is InChI=1S/C14H16ClNO/c15-13-6-10(9-17)4-5-14(13)16-7-11-2-1-3-12(11)8-16/h4-6,9,11-12H,1-3,7-8H2. The molecule has 3 rings (SSSR count). The third kappa shape index (κ3) is 1.95. The maximum Gasteiger partial charge on any atom is 0.150 e. The van der Waals surface area contributed by atoms with E-state index in [0.29, 0.717) is 10.6 Å². The Bertz CT molecular complexity index is 434. The van der Waals surface area contributed by atoms with Gasteiger partial charge in [0.25, 0.3) is 0 Å². The Morgan fingerprint density at radius 1 is 1.24 bits per heavy atom. The summed E-state index contributed by atoms with van der Waals surface area (Å²) in [5.41, 5.74) is 1.74. The summed E-state index contributed by atoms with van der Waals surface area (Å²) < 4.78 is 0. The minimum atomic E-state index is 0.651. The number of rotatable bonds is 2. The van der Waals surface area contributed by atoms with Crippen LogP contribution in [0, 0.1) is 11.8 Å². The highest BCUT2D eigenvalue weighted by atomic mass is 35.5. The Hall–Kier alpha value is -1.02. The Balaban J connectivity index is 1.83. The van der Waals surface area contributed by atoms with Crippen molar-refractivity contribution < 1.29 is 4.79 Å². The lowest BCUT2D eigenvalue weighted by Gasteiger charge is -2.21. The second-order valence-electron chi connectivity index (χ2n) is 5.18. The number of carbonyl (C=O) groups is 1. The monoisotopic (exact) mass is 249 g/mol. The molecule has 0 spiro atoms. The van der Waals surface area contributed by atoms with Gasteiger partial charge in [-0.15, -0.1) is 0 Å². The number of benzene rings is 1. The number of halogens is 1. The average molecular weight is 250 g/mol. The van der Waals surface area contributed by atoms with E-state index in [1.807, 2.05) is 12.1 Å². The summed E-state index contributed by atoms with van der Waals surface area (Å²) in [7, 11) is 0. The maximum absolute atomic E-state index is 10.7. The molecular weight excluding hydrogens is 234 g/mol. The molecule has 2 aliphatic rings. The summed E-state index contributed by atoms with van der Waals surface area (Å²) in [6, 6.07) is 5.59. The molecule has 2 unspecified atom stereocenters. The van der Waals surface area contributed by atoms with Crippen LogP contribution in [0.25, 0.3) is 0 Å². The van der Waals surface area contributed by atoms with Crippen molar-refractivity contribution in [3.63, 3.8) is 0 Å². The molecule has 1 aromatic rings. The summed E-state index contributed by atoms with van der Waals surface area (Å²) in [6.07, 6.45) is 4.96. The van der Waals surface area contributed by atoms with Crippen molar-refractivity contribution in [1.82, 2.24) is 0 Å². The van der Waals surface area contributed by atoms with Crippen LogP contribution >= 0.6 is 11.6 Å². The minimum absolute atomic E-state index is 0.651. The van der Waals surface area contributed by atoms with E-state index >= 15 is 0 Å². The van der Waals surface area contributed by atoms with Crippen LogP contribution in [0.5, 0.6) is 0 Å². The van der Waals surface area contributed by atoms with Gasteiger partial charge in [-0.25, -0.2) is 0 Å². The van der Waals surface area contributed by atoms with Gasteiger partial charge in [0.2, 0.25) is 0 Å². The van der Waals surface area contributed by atoms with Crippen molar-refractivity contribution >= 4 is 23.6 Å². The molecule has 2 nitrogen and oxygen atoms in total. The van der Waals surface area contributed by atoms with Gasteiger partial charge in [-0.1, -0.05) is 18.0 Å². The summed E-state index contributed by atoms with van der Waals surface area (Å²) >= 11 is 6.24. The highest BCUT2D eigenvalue weighted by Gasteiger charge is 2.36. The molecule has 2 fully saturated rings. The van der Waals surface area contributed by atoms with E-state index in [2.05, 4.69) is 4.90 Å². The lowest BCUT2D eigenvalue weighted by molar-refractivity contribution is 0.112. The second kappa shape index (κ2) is 4.34. The first kappa shape index (κ1) is 11.1. The summed E-state index contributed by atoms with van der Waals surface area (Å²) in [4.78, 5) is 13.1. The maximum atomic E-state index is 10.7. The molecule has 1 aliphatic heterocycles. The molecule has 17 heavy (non-hydrogen) atoms. The van der Waals surface area contributed by atoms with E-state index in [4.69, 9.17) is 11.6 Å². The van der Waals surface area contributed by atoms with Crippen LogP contribution in [0.1, 0.15) is 29.6 Å². The predicted octanol–water partition coefficient (Wildman–Crippen LogP) is 3.39. The van der Waals surface area contributed by atoms with E-state index in [0.717, 1.165) is 36.9 Å². The number of nitrogens with zero attached hydrogens (tertiary/aromatic N) is 1. The number of carbonyl (C=O) groups excluding carboxylic acids is 1. The number of anilines is 1. The van der Waals surface area contributed by atoms with Crippen molar-refractivity contribution in [2.75, 3.05) is 18.0 Å². The summed E-state index contributed by atoms with van der Waals surface area (Å²) in [5.74, 6) is 1.72. The molecule has 1 aromatic carbocycles. The third-order valence-electron chi connectivity index (χ3n) is 4.17. The Kier molecular flexibility index (Phi) is 2.83. The zero-order valence-corrected chi connectivity index (χ0v) is 10.5. The zero-order valence-electron chi connectivity index (χ0n) is 9.73. The van der Waals surface area contributed by atoms with Gasteiger partial charge in [-0.3, -0.25) is 4.79 Å². The van der Waals surface area contributed by atoms with Gasteiger partial charge in [0, 0.05) is 18.7 Å². The lowest BCUT2D eigenvalue weighted by Crippen LogP contribution is -2.21. The molecule has 1 aliphatic carbocycles. The molecule has 2 atom stereocenters. The molecule has 3 heteroatoms. The van der Waals surface area contributed by atoms with Gasteiger partial charge in [-0.05, 0) is 42.9 Å². The molecule has 90 valence electrons. The van der Waals surface area contributed by atoms with Crippen LogP contribution in [0.3, 0.4) is 0 Å². The van der Waals surface area contributed by atoms with Crippen LogP contribution in [-0.4, -0.2) is 19.4 Å². The van der Waals surface area contributed by atoms with Gasteiger partial charge in [-0.2, -0.15) is 0 Å². The van der Waals surface area contributed by atoms with Gasteiger partial charge < -0.3 is 4.90 Å². The van der Waals surface area contributed by atoms with Crippen LogP contribution in [0.2, 0.25) is 5.02 Å². The molecule has 1 heterocycles. The highest BCUT2D eigenvalue weighted by Crippen LogP contribution is 2.41. The molecule has 0 aromatic heterocycles. The van der Waals surface area contributed by atoms with Gasteiger partial charge in [0.15, 0.2) is 0 Å². The lowest BCUT2D eigenvalue weighted by atomic mass is 10.0. The van der Waals surface area contributed by atoms with Gasteiger partial charge >= 0.3 is 0 Å². The first-order valence-corrected chi connectivity index (χ1v) is 6.65. The van der Waals surface area contributed by atoms with Crippen LogP contribution in [0.4, 0.5) is 5.69 Å². The van der Waals surface area contributed by atoms with Crippen molar-refractivity contribution in [2.45, 2.75) is 19.3 Å². The number of aldehydes is 1. The minimum Gasteiger partial charge on any atom is -0.370 e. The molecule has 1 saturated heterocycles. The Morgan fingerprint density at radius 2 is 1.94 bits per heavy atom. The fourth-order valence-electron chi connectivity index (χ4n) is 3.28. The zero-order chi connectivity index (χ0) is 11.8. The highest BCUT2D eigenvalue weighted by molar-refractivity contribution is 6.33. The number of fused-ring (bicyclic) bond motifs is 1. The molecule has 0 radical (unpaired) electrons. The first-order valence-electron chi connectivity index (χ1n) is 6.27. The normalized spacial score (nSPS) is 27.2. The van der Waals surface area contributed by atoms with Crippen molar-refractivity contribution in [3.05, 3.63) is 28.8 Å². The van der Waals surface area contributed by atoms with Gasteiger partial charge in [0.05, 0.1) is 10.7 Å². The van der Waals surface area contributed by atoms with E-state index in [-0.39, 0.29) is 0 Å². The Labute approximate surface area is 107 Å². The fourth-order valence-corrected chi connectivity index (χ4v) is 3.59. The average Bonchev–Trinajstić information content (AvgIpc) is 2.89. The van der Waals surface area contributed by atoms with Crippen molar-refractivity contribution in [1.29, 1.82) is 0 Å². The Morgan fingerprint density at radius 3 is 2.53 bits per heavy atom. The topological polar surface area (TPSA) is 20.3 Å². The van der Waals surface area contributed by atoms with Crippen LogP contribution in [0.15, 0.2) is 18.2 Å². The van der Waals surface area contributed by atoms with Crippen LogP contribution in [-0.2, 0) is 0 Å². The largest absolute Gasteiger partial charge is 0.370 e. The quantitative estimate of drug-likeness (QED) is 0.749. The van der Waals surface area contributed by atoms with Crippen LogP contribution < -0.4 is 4.90 Å². The number of hydrogen-bond acceptors (Lipinski definition) is 2. The smallest absolute Gasteiger partial charge is 0.150 e. The van der Waals surface area contributed by atoms with Gasteiger partial charge in [0.1, 0.15) is 6.29 Å². The van der Waals surface area contributed by atoms with Crippen molar-refractivity contribution in [3.8, 4) is 0 Å². The molecule has 0 amide bonds. The first-order chi connectivity index (χ1) is 8.28. The molecule has 1 saturated carbocycles. The van der Waals surface area contributed by atoms with E-state index in [1.54, 1.807) is 6.07 Å². The number of hydrogen-bond donors (Lipinski definition) is 0. The summed E-state index contributed by atoms with van der Waals surface area (Å²) in [6.45, 7) is 2.26. The third-order valence-corrected chi connectivity index (χ3v) is 4.48.